The van der Waals surface area contributed by atoms with Gasteiger partial charge in [0.1, 0.15) is 6.04 Å². The number of carbonyl (C=O) groups is 1. The van der Waals surface area contributed by atoms with Crippen LogP contribution in [0.15, 0.2) is 30.3 Å². The first kappa shape index (κ1) is 15.9. The Hall–Kier alpha value is -1.44. The lowest BCUT2D eigenvalue weighted by Gasteiger charge is -2.24. The minimum absolute atomic E-state index is 0.253. The molecular weight excluding hydrogens is 294 g/mol. The van der Waals surface area contributed by atoms with Crippen LogP contribution in [0.4, 0.5) is 0 Å². The van der Waals surface area contributed by atoms with Gasteiger partial charge in [-0.3, -0.25) is 4.79 Å². The van der Waals surface area contributed by atoms with Crippen molar-refractivity contribution in [3.8, 4) is 0 Å². The van der Waals surface area contributed by atoms with E-state index in [1.54, 1.807) is 12.1 Å². The van der Waals surface area contributed by atoms with Gasteiger partial charge in [0.05, 0.1) is 11.9 Å². The Morgan fingerprint density at radius 2 is 2.10 bits per heavy atom. The predicted octanol–water partition coefficient (Wildman–Crippen LogP) is 1.25. The van der Waals surface area contributed by atoms with E-state index in [0.29, 0.717) is 12.8 Å². The molecule has 1 aliphatic rings. The molecule has 1 aromatic rings. The first-order valence-electron chi connectivity index (χ1n) is 6.76. The standard InChI is InChI=1S/C14H19NO5S/c1-20-13(11-6-3-2-4-7-11)10-21(18,19)15-9-5-8-12(15)14(16)17/h2-4,6-7,12-13H,5,8-10H2,1H3,(H,16,17). The summed E-state index contributed by atoms with van der Waals surface area (Å²) in [6, 6.07) is 8.09. The highest BCUT2D eigenvalue weighted by Crippen LogP contribution is 2.26. The van der Waals surface area contributed by atoms with Crippen molar-refractivity contribution in [1.82, 2.24) is 4.31 Å². The van der Waals surface area contributed by atoms with Crippen molar-refractivity contribution in [3.63, 3.8) is 0 Å². The molecule has 1 fully saturated rings. The molecule has 7 heteroatoms. The van der Waals surface area contributed by atoms with Gasteiger partial charge in [-0.25, -0.2) is 8.42 Å². The molecule has 1 aromatic carbocycles. The average Bonchev–Trinajstić information content (AvgIpc) is 2.96. The van der Waals surface area contributed by atoms with Gasteiger partial charge in [0.15, 0.2) is 0 Å². The van der Waals surface area contributed by atoms with Crippen molar-refractivity contribution in [2.45, 2.75) is 25.0 Å². The van der Waals surface area contributed by atoms with Crippen LogP contribution in [0, 0.1) is 0 Å². The van der Waals surface area contributed by atoms with E-state index in [2.05, 4.69) is 0 Å². The molecule has 1 saturated heterocycles. The Bertz CT molecular complexity index is 587. The van der Waals surface area contributed by atoms with Crippen LogP contribution in [0.5, 0.6) is 0 Å². The van der Waals surface area contributed by atoms with Gasteiger partial charge in [-0.2, -0.15) is 4.31 Å². The number of aliphatic carboxylic acids is 1. The lowest BCUT2D eigenvalue weighted by atomic mass is 10.1. The van der Waals surface area contributed by atoms with Crippen molar-refractivity contribution in [2.24, 2.45) is 0 Å². The van der Waals surface area contributed by atoms with Gasteiger partial charge < -0.3 is 9.84 Å². The number of rotatable bonds is 6. The topological polar surface area (TPSA) is 83.9 Å². The first-order chi connectivity index (χ1) is 9.95. The number of hydrogen-bond donors (Lipinski definition) is 1. The summed E-state index contributed by atoms with van der Waals surface area (Å²) in [6.45, 7) is 0.254. The van der Waals surface area contributed by atoms with Crippen LogP contribution in [-0.2, 0) is 19.6 Å². The predicted molar refractivity (Wildman–Crippen MR) is 77.3 cm³/mol. The summed E-state index contributed by atoms with van der Waals surface area (Å²) in [4.78, 5) is 11.1. The molecule has 0 saturated carbocycles. The Balaban J connectivity index is 2.18. The molecule has 1 N–H and O–H groups in total. The van der Waals surface area contributed by atoms with Gasteiger partial charge in [0, 0.05) is 13.7 Å². The second-order valence-corrected chi connectivity index (χ2v) is 6.99. The fourth-order valence-corrected chi connectivity index (χ4v) is 4.47. The number of methoxy groups -OCH3 is 1. The zero-order valence-corrected chi connectivity index (χ0v) is 12.6. The average molecular weight is 313 g/mol. The minimum Gasteiger partial charge on any atom is -0.480 e. The first-order valence-corrected chi connectivity index (χ1v) is 8.36. The highest BCUT2D eigenvalue weighted by Gasteiger charge is 2.39. The number of sulfonamides is 1. The molecule has 2 rings (SSSR count). The molecule has 6 nitrogen and oxygen atoms in total. The van der Waals surface area contributed by atoms with Crippen molar-refractivity contribution in [3.05, 3.63) is 35.9 Å². The Labute approximate surface area is 124 Å². The molecular formula is C14H19NO5S. The number of nitrogens with zero attached hydrogens (tertiary/aromatic N) is 1. The smallest absolute Gasteiger partial charge is 0.322 e. The monoisotopic (exact) mass is 313 g/mol. The summed E-state index contributed by atoms with van der Waals surface area (Å²) in [7, 11) is -2.24. The number of ether oxygens (including phenoxy) is 1. The number of carboxylic acids is 1. The van der Waals surface area contributed by atoms with Crippen LogP contribution < -0.4 is 0 Å². The molecule has 2 atom stereocenters. The van der Waals surface area contributed by atoms with E-state index in [9.17, 15) is 13.2 Å². The van der Waals surface area contributed by atoms with Crippen LogP contribution in [-0.4, -0.2) is 49.2 Å². The number of benzene rings is 1. The van der Waals surface area contributed by atoms with Crippen molar-refractivity contribution >= 4 is 16.0 Å². The number of carboxylic acid groups (broad SMARTS) is 1. The van der Waals surface area contributed by atoms with Gasteiger partial charge in [-0.1, -0.05) is 30.3 Å². The van der Waals surface area contributed by atoms with Crippen molar-refractivity contribution < 1.29 is 23.1 Å². The lowest BCUT2D eigenvalue weighted by molar-refractivity contribution is -0.140. The van der Waals surface area contributed by atoms with E-state index in [1.807, 2.05) is 18.2 Å². The van der Waals surface area contributed by atoms with E-state index < -0.39 is 28.1 Å². The zero-order chi connectivity index (χ0) is 15.5. The maximum Gasteiger partial charge on any atom is 0.322 e. The van der Waals surface area contributed by atoms with Gasteiger partial charge in [-0.15, -0.1) is 0 Å². The molecule has 21 heavy (non-hydrogen) atoms. The van der Waals surface area contributed by atoms with Gasteiger partial charge in [-0.05, 0) is 18.4 Å². The summed E-state index contributed by atoms with van der Waals surface area (Å²) in [6.07, 6.45) is 0.322. The highest BCUT2D eigenvalue weighted by molar-refractivity contribution is 7.89. The Kier molecular flexibility index (Phi) is 4.97. The third-order valence-corrected chi connectivity index (χ3v) is 5.54. The third-order valence-electron chi connectivity index (χ3n) is 3.66. The molecule has 0 bridgehead atoms. The van der Waals surface area contributed by atoms with Crippen molar-refractivity contribution in [2.75, 3.05) is 19.4 Å². The summed E-state index contributed by atoms with van der Waals surface area (Å²) < 4.78 is 31.3. The number of hydrogen-bond acceptors (Lipinski definition) is 4. The largest absolute Gasteiger partial charge is 0.480 e. The van der Waals surface area contributed by atoms with Crippen molar-refractivity contribution in [1.29, 1.82) is 0 Å². The third kappa shape index (κ3) is 3.61. The molecule has 2 unspecified atom stereocenters. The fraction of sp³-hybridized carbons (Fsp3) is 0.500. The molecule has 0 amide bonds. The Morgan fingerprint density at radius 3 is 2.67 bits per heavy atom. The summed E-state index contributed by atoms with van der Waals surface area (Å²) in [5, 5.41) is 9.12. The zero-order valence-electron chi connectivity index (χ0n) is 11.8. The van der Waals surface area contributed by atoms with Crippen LogP contribution in [0.25, 0.3) is 0 Å². The van der Waals surface area contributed by atoms with E-state index in [4.69, 9.17) is 9.84 Å². The van der Waals surface area contributed by atoms with Crippen LogP contribution >= 0.6 is 0 Å². The van der Waals surface area contributed by atoms with Gasteiger partial charge >= 0.3 is 5.97 Å². The molecule has 1 heterocycles. The molecule has 0 aromatic heterocycles. The highest BCUT2D eigenvalue weighted by atomic mass is 32.2. The molecule has 0 spiro atoms. The normalized spacial score (nSPS) is 21.3. The SMILES string of the molecule is COC(CS(=O)(=O)N1CCCC1C(=O)O)c1ccccc1. The quantitative estimate of drug-likeness (QED) is 0.854. The van der Waals surface area contributed by atoms with Crippen LogP contribution in [0.3, 0.4) is 0 Å². The minimum atomic E-state index is -3.69. The van der Waals surface area contributed by atoms with E-state index >= 15 is 0 Å². The summed E-state index contributed by atoms with van der Waals surface area (Å²) in [5.74, 6) is -1.35. The van der Waals surface area contributed by atoms with Gasteiger partial charge in [0.25, 0.3) is 0 Å². The van der Waals surface area contributed by atoms with Gasteiger partial charge in [0.2, 0.25) is 10.0 Å². The van der Waals surface area contributed by atoms with Crippen LogP contribution in [0.1, 0.15) is 24.5 Å². The summed E-state index contributed by atoms with van der Waals surface area (Å²) in [5.41, 5.74) is 0.759. The summed E-state index contributed by atoms with van der Waals surface area (Å²) >= 11 is 0. The Morgan fingerprint density at radius 1 is 1.43 bits per heavy atom. The lowest BCUT2D eigenvalue weighted by Crippen LogP contribution is -2.42. The van der Waals surface area contributed by atoms with E-state index in [-0.39, 0.29) is 12.3 Å². The maximum atomic E-state index is 12.5. The molecule has 0 radical (unpaired) electrons. The maximum absolute atomic E-state index is 12.5. The second kappa shape index (κ2) is 6.55. The molecule has 1 aliphatic heterocycles. The fourth-order valence-electron chi connectivity index (χ4n) is 2.57. The van der Waals surface area contributed by atoms with E-state index in [1.165, 1.54) is 7.11 Å². The van der Waals surface area contributed by atoms with Crippen LogP contribution in [0.2, 0.25) is 0 Å². The molecule has 116 valence electrons. The molecule has 0 aliphatic carbocycles. The second-order valence-electron chi connectivity index (χ2n) is 5.02. The van der Waals surface area contributed by atoms with E-state index in [0.717, 1.165) is 9.87 Å².